The van der Waals surface area contributed by atoms with Crippen molar-refractivity contribution in [2.75, 3.05) is 20.3 Å². The van der Waals surface area contributed by atoms with Gasteiger partial charge in [0.2, 0.25) is 0 Å². The SMILES string of the molecule is COC[C@]12CC[C@@H](O)C[C@@H]1CC[C@H]1[C@@H]3CC[C@H](C(=O)CN)[C@@]3(C)CC[C@@H]12. The Bertz CT molecular complexity index is 552. The highest BCUT2D eigenvalue weighted by Crippen LogP contribution is 2.67. The van der Waals surface area contributed by atoms with Crippen molar-refractivity contribution in [3.63, 3.8) is 0 Å². The Morgan fingerprint density at radius 3 is 2.65 bits per heavy atom. The van der Waals surface area contributed by atoms with Gasteiger partial charge in [-0.3, -0.25) is 4.79 Å². The predicted molar refractivity (Wildman–Crippen MR) is 101 cm³/mol. The Morgan fingerprint density at radius 2 is 1.92 bits per heavy atom. The standard InChI is InChI=1S/C22H37NO3/c1-21-9-8-18-16(17(21)5-6-19(21)20(25)12-23)4-3-14-11-15(24)7-10-22(14,18)13-26-2/h14-19,24H,3-13,23H2,1-2H3/t14-,15+,16-,17-,18-,19+,21-,22+/m0/s1. The normalized spacial score (nSPS) is 50.6. The van der Waals surface area contributed by atoms with Gasteiger partial charge in [0.15, 0.2) is 0 Å². The number of hydrogen-bond acceptors (Lipinski definition) is 4. The van der Waals surface area contributed by atoms with E-state index in [4.69, 9.17) is 10.5 Å². The first kappa shape index (κ1) is 18.9. The van der Waals surface area contributed by atoms with Gasteiger partial charge in [-0.15, -0.1) is 0 Å². The van der Waals surface area contributed by atoms with E-state index in [1.165, 1.54) is 25.7 Å². The van der Waals surface area contributed by atoms with Crippen molar-refractivity contribution in [1.29, 1.82) is 0 Å². The number of ether oxygens (including phenoxy) is 1. The van der Waals surface area contributed by atoms with Crippen LogP contribution >= 0.6 is 0 Å². The first-order valence-electron chi connectivity index (χ1n) is 10.9. The summed E-state index contributed by atoms with van der Waals surface area (Å²) in [6.07, 6.45) is 10.0. The lowest BCUT2D eigenvalue weighted by Crippen LogP contribution is -2.57. The maximum atomic E-state index is 12.5. The quantitative estimate of drug-likeness (QED) is 0.805. The summed E-state index contributed by atoms with van der Waals surface area (Å²) >= 11 is 0. The van der Waals surface area contributed by atoms with Crippen LogP contribution in [0.25, 0.3) is 0 Å². The van der Waals surface area contributed by atoms with Gasteiger partial charge < -0.3 is 15.6 Å². The van der Waals surface area contributed by atoms with Crippen LogP contribution in [0.4, 0.5) is 0 Å². The smallest absolute Gasteiger partial charge is 0.150 e. The number of methoxy groups -OCH3 is 1. The molecule has 4 aliphatic rings. The van der Waals surface area contributed by atoms with Gasteiger partial charge in [0, 0.05) is 13.0 Å². The second kappa shape index (κ2) is 6.86. The molecule has 3 N–H and O–H groups in total. The molecule has 0 radical (unpaired) electrons. The molecule has 4 heteroatoms. The minimum Gasteiger partial charge on any atom is -0.393 e. The van der Waals surface area contributed by atoms with E-state index in [9.17, 15) is 9.90 Å². The van der Waals surface area contributed by atoms with Crippen molar-refractivity contribution in [3.8, 4) is 0 Å². The van der Waals surface area contributed by atoms with Crippen LogP contribution in [0, 0.1) is 40.4 Å². The van der Waals surface area contributed by atoms with Gasteiger partial charge in [-0.2, -0.15) is 0 Å². The highest BCUT2D eigenvalue weighted by atomic mass is 16.5. The zero-order chi connectivity index (χ0) is 18.5. The molecule has 0 unspecified atom stereocenters. The summed E-state index contributed by atoms with van der Waals surface area (Å²) in [4.78, 5) is 12.5. The fourth-order valence-electron chi connectivity index (χ4n) is 8.25. The average molecular weight is 364 g/mol. The zero-order valence-corrected chi connectivity index (χ0v) is 16.6. The van der Waals surface area contributed by atoms with E-state index in [1.807, 2.05) is 7.11 Å². The summed E-state index contributed by atoms with van der Waals surface area (Å²) in [5, 5.41) is 10.3. The minimum atomic E-state index is -0.117. The van der Waals surface area contributed by atoms with E-state index in [2.05, 4.69) is 6.92 Å². The van der Waals surface area contributed by atoms with Crippen molar-refractivity contribution >= 4 is 5.78 Å². The summed E-state index contributed by atoms with van der Waals surface area (Å²) in [7, 11) is 1.85. The molecule has 4 aliphatic carbocycles. The Hall–Kier alpha value is -0.450. The van der Waals surface area contributed by atoms with Gasteiger partial charge in [0.1, 0.15) is 5.78 Å². The lowest BCUT2D eigenvalue weighted by molar-refractivity contribution is -0.160. The van der Waals surface area contributed by atoms with Crippen molar-refractivity contribution in [3.05, 3.63) is 0 Å². The molecule has 0 aromatic rings. The highest BCUT2D eigenvalue weighted by molar-refractivity contribution is 5.84. The van der Waals surface area contributed by atoms with Crippen molar-refractivity contribution in [2.24, 2.45) is 46.2 Å². The summed E-state index contributed by atoms with van der Waals surface area (Å²) in [5.41, 5.74) is 6.15. The Balaban J connectivity index is 1.63. The lowest BCUT2D eigenvalue weighted by Gasteiger charge is -2.61. The molecule has 4 saturated carbocycles. The fraction of sp³-hybridized carbons (Fsp3) is 0.955. The number of Topliss-reactive ketones (excluding diaryl/α,β-unsaturated/α-hetero) is 1. The van der Waals surface area contributed by atoms with Gasteiger partial charge in [0.05, 0.1) is 19.3 Å². The topological polar surface area (TPSA) is 72.5 Å². The number of nitrogens with two attached hydrogens (primary N) is 1. The summed E-state index contributed by atoms with van der Waals surface area (Å²) in [6, 6.07) is 0. The molecule has 4 fully saturated rings. The number of aliphatic hydroxyl groups is 1. The van der Waals surface area contributed by atoms with Crippen LogP contribution in [-0.4, -0.2) is 37.3 Å². The first-order chi connectivity index (χ1) is 12.5. The second-order valence-corrected chi connectivity index (χ2v) is 10.1. The summed E-state index contributed by atoms with van der Waals surface area (Å²) in [6.45, 7) is 3.44. The molecule has 0 aromatic carbocycles. The van der Waals surface area contributed by atoms with E-state index >= 15 is 0 Å². The molecule has 0 spiro atoms. The third-order valence-electron chi connectivity index (χ3n) is 9.34. The van der Waals surface area contributed by atoms with Gasteiger partial charge in [-0.1, -0.05) is 6.92 Å². The summed E-state index contributed by atoms with van der Waals surface area (Å²) in [5.74, 6) is 3.18. The molecule has 0 bridgehead atoms. The van der Waals surface area contributed by atoms with E-state index in [0.29, 0.717) is 17.8 Å². The highest BCUT2D eigenvalue weighted by Gasteiger charge is 2.62. The Kier molecular flexibility index (Phi) is 4.98. The number of fused-ring (bicyclic) bond motifs is 5. The van der Waals surface area contributed by atoms with Crippen LogP contribution in [0.1, 0.15) is 64.7 Å². The molecular weight excluding hydrogens is 326 g/mol. The molecule has 4 nitrogen and oxygen atoms in total. The minimum absolute atomic E-state index is 0.117. The van der Waals surface area contributed by atoms with E-state index in [-0.39, 0.29) is 35.2 Å². The van der Waals surface area contributed by atoms with Crippen molar-refractivity contribution < 1.29 is 14.6 Å². The van der Waals surface area contributed by atoms with Crippen molar-refractivity contribution in [1.82, 2.24) is 0 Å². The van der Waals surface area contributed by atoms with Crippen LogP contribution in [-0.2, 0) is 9.53 Å². The lowest BCUT2D eigenvalue weighted by atomic mass is 9.44. The van der Waals surface area contributed by atoms with Crippen LogP contribution < -0.4 is 5.73 Å². The molecule has 0 aromatic heterocycles. The maximum absolute atomic E-state index is 12.5. The van der Waals surface area contributed by atoms with E-state index in [1.54, 1.807) is 0 Å². The molecule has 0 saturated heterocycles. The fourth-order valence-corrected chi connectivity index (χ4v) is 8.25. The largest absolute Gasteiger partial charge is 0.393 e. The number of ketones is 1. The van der Waals surface area contributed by atoms with E-state index < -0.39 is 0 Å². The van der Waals surface area contributed by atoms with Gasteiger partial charge >= 0.3 is 0 Å². The molecule has 0 heterocycles. The van der Waals surface area contributed by atoms with E-state index in [0.717, 1.165) is 44.6 Å². The molecule has 0 amide bonds. The number of carbonyl (C=O) groups is 1. The predicted octanol–water partition coefficient (Wildman–Crippen LogP) is 3.16. The van der Waals surface area contributed by atoms with Gasteiger partial charge in [-0.05, 0) is 92.3 Å². The third-order valence-corrected chi connectivity index (χ3v) is 9.34. The average Bonchev–Trinajstić information content (AvgIpc) is 2.99. The number of carbonyl (C=O) groups excluding carboxylic acids is 1. The first-order valence-corrected chi connectivity index (χ1v) is 10.9. The monoisotopic (exact) mass is 363 g/mol. The van der Waals surface area contributed by atoms with Crippen LogP contribution in [0.15, 0.2) is 0 Å². The maximum Gasteiger partial charge on any atom is 0.150 e. The van der Waals surface area contributed by atoms with Crippen LogP contribution in [0.2, 0.25) is 0 Å². The molecule has 8 atom stereocenters. The molecule has 148 valence electrons. The number of aliphatic hydroxyl groups excluding tert-OH is 1. The molecule has 4 rings (SSSR count). The number of rotatable bonds is 4. The van der Waals surface area contributed by atoms with Crippen LogP contribution in [0.5, 0.6) is 0 Å². The van der Waals surface area contributed by atoms with Gasteiger partial charge in [0.25, 0.3) is 0 Å². The Morgan fingerprint density at radius 1 is 1.12 bits per heavy atom. The molecule has 26 heavy (non-hydrogen) atoms. The zero-order valence-electron chi connectivity index (χ0n) is 16.6. The molecule has 0 aliphatic heterocycles. The van der Waals surface area contributed by atoms with Crippen molar-refractivity contribution in [2.45, 2.75) is 70.8 Å². The Labute approximate surface area is 158 Å². The summed E-state index contributed by atoms with van der Waals surface area (Å²) < 4.78 is 5.79. The third kappa shape index (κ3) is 2.62. The second-order valence-electron chi connectivity index (χ2n) is 10.1. The molecular formula is C22H37NO3. The van der Waals surface area contributed by atoms with Crippen LogP contribution in [0.3, 0.4) is 0 Å². The van der Waals surface area contributed by atoms with Gasteiger partial charge in [-0.25, -0.2) is 0 Å². The number of hydrogen-bond donors (Lipinski definition) is 2.